The molecule has 1 atom stereocenters. The number of benzene rings is 1. The normalized spacial score (nSPS) is 18.6. The summed E-state index contributed by atoms with van der Waals surface area (Å²) < 4.78 is 1.21. The second kappa shape index (κ2) is 7.46. The topological polar surface area (TPSA) is 15.3 Å². The van der Waals surface area contributed by atoms with Crippen LogP contribution in [-0.2, 0) is 0 Å². The van der Waals surface area contributed by atoms with Crippen LogP contribution < -0.4 is 10.2 Å². The molecule has 1 aliphatic carbocycles. The fraction of sp³-hybridized carbons (Fsp3) is 0.647. The maximum absolute atomic E-state index is 3.76. The van der Waals surface area contributed by atoms with E-state index in [2.05, 4.69) is 58.3 Å². The van der Waals surface area contributed by atoms with E-state index >= 15 is 0 Å². The van der Waals surface area contributed by atoms with Crippen LogP contribution in [0.15, 0.2) is 22.7 Å². The number of nitrogens with one attached hydrogen (secondary N) is 1. The number of halogens is 1. The Hall–Kier alpha value is -0.540. The zero-order valence-corrected chi connectivity index (χ0v) is 14.5. The van der Waals surface area contributed by atoms with E-state index in [-0.39, 0.29) is 0 Å². The van der Waals surface area contributed by atoms with Gasteiger partial charge in [-0.05, 0) is 60.4 Å². The summed E-state index contributed by atoms with van der Waals surface area (Å²) in [5, 5.41) is 3.29. The predicted octanol–water partition coefficient (Wildman–Crippen LogP) is 4.89. The van der Waals surface area contributed by atoms with Crippen molar-refractivity contribution < 1.29 is 0 Å². The Morgan fingerprint density at radius 1 is 1.20 bits per heavy atom. The van der Waals surface area contributed by atoms with E-state index in [9.17, 15) is 0 Å². The van der Waals surface area contributed by atoms with E-state index in [1.54, 1.807) is 0 Å². The van der Waals surface area contributed by atoms with Crippen molar-refractivity contribution >= 4 is 21.6 Å². The van der Waals surface area contributed by atoms with E-state index in [1.807, 2.05) is 7.05 Å². The van der Waals surface area contributed by atoms with Gasteiger partial charge in [-0.2, -0.15) is 0 Å². The summed E-state index contributed by atoms with van der Waals surface area (Å²) in [6.07, 6.45) is 8.23. The summed E-state index contributed by atoms with van der Waals surface area (Å²) in [7, 11) is 4.25. The van der Waals surface area contributed by atoms with Gasteiger partial charge in [-0.25, -0.2) is 0 Å². The van der Waals surface area contributed by atoms with Crippen LogP contribution >= 0.6 is 15.9 Å². The maximum Gasteiger partial charge on any atom is 0.0510 e. The van der Waals surface area contributed by atoms with Crippen molar-refractivity contribution in [1.82, 2.24) is 5.32 Å². The fourth-order valence-corrected chi connectivity index (χ4v) is 3.76. The van der Waals surface area contributed by atoms with Crippen LogP contribution in [0.2, 0.25) is 0 Å². The molecule has 0 saturated heterocycles. The molecule has 2 rings (SSSR count). The van der Waals surface area contributed by atoms with Gasteiger partial charge in [-0.1, -0.05) is 31.7 Å². The van der Waals surface area contributed by atoms with Gasteiger partial charge in [0.15, 0.2) is 0 Å². The molecule has 0 radical (unpaired) electrons. The Labute approximate surface area is 132 Å². The lowest BCUT2D eigenvalue weighted by Gasteiger charge is -2.30. The molecule has 0 amide bonds. The van der Waals surface area contributed by atoms with Gasteiger partial charge in [-0.15, -0.1) is 0 Å². The van der Waals surface area contributed by atoms with E-state index < -0.39 is 0 Å². The van der Waals surface area contributed by atoms with Gasteiger partial charge in [0.2, 0.25) is 0 Å². The molecule has 0 bridgehead atoms. The van der Waals surface area contributed by atoms with Crippen LogP contribution in [0.1, 0.15) is 57.1 Å². The molecule has 20 heavy (non-hydrogen) atoms. The summed E-state index contributed by atoms with van der Waals surface area (Å²) in [5.41, 5.74) is 2.65. The molecule has 1 N–H and O–H groups in total. The minimum Gasteiger partial charge on any atom is -0.371 e. The summed E-state index contributed by atoms with van der Waals surface area (Å²) in [5.74, 6) is 0. The number of hydrogen-bond acceptors (Lipinski definition) is 2. The van der Waals surface area contributed by atoms with Gasteiger partial charge in [0.05, 0.1) is 5.69 Å². The van der Waals surface area contributed by atoms with Gasteiger partial charge < -0.3 is 10.2 Å². The largest absolute Gasteiger partial charge is 0.371 e. The quantitative estimate of drug-likeness (QED) is 0.786. The molecular weight excluding hydrogens is 312 g/mol. The molecule has 1 saturated carbocycles. The van der Waals surface area contributed by atoms with Gasteiger partial charge >= 0.3 is 0 Å². The second-order valence-electron chi connectivity index (χ2n) is 5.98. The highest BCUT2D eigenvalue weighted by Crippen LogP contribution is 2.32. The first kappa shape index (κ1) is 15.8. The highest BCUT2D eigenvalue weighted by Gasteiger charge is 2.19. The molecule has 2 nitrogen and oxygen atoms in total. The van der Waals surface area contributed by atoms with Crippen molar-refractivity contribution in [2.45, 2.75) is 57.5 Å². The van der Waals surface area contributed by atoms with E-state index in [1.165, 1.54) is 54.2 Å². The van der Waals surface area contributed by atoms with Crippen LogP contribution in [0.3, 0.4) is 0 Å². The summed E-state index contributed by atoms with van der Waals surface area (Å²) in [4.78, 5) is 2.48. The Kier molecular flexibility index (Phi) is 5.91. The first-order valence-corrected chi connectivity index (χ1v) is 8.62. The Morgan fingerprint density at radius 3 is 2.40 bits per heavy atom. The number of anilines is 1. The lowest BCUT2D eigenvalue weighted by atomic mass is 10.0. The molecule has 0 aliphatic heterocycles. The highest BCUT2D eigenvalue weighted by atomic mass is 79.9. The van der Waals surface area contributed by atoms with E-state index in [4.69, 9.17) is 0 Å². The molecule has 1 fully saturated rings. The standard InChI is InChI=1S/C17H27BrN2/c1-13(19-2)14-10-11-17(16(18)12-14)20(3)15-8-6-4-5-7-9-15/h10-13,15,19H,4-9H2,1-3H3. The minimum atomic E-state index is 0.392. The first-order valence-electron chi connectivity index (χ1n) is 7.83. The third kappa shape index (κ3) is 3.76. The molecule has 0 heterocycles. The van der Waals surface area contributed by atoms with Crippen LogP contribution in [0.4, 0.5) is 5.69 Å². The molecule has 112 valence electrons. The zero-order chi connectivity index (χ0) is 14.5. The van der Waals surface area contributed by atoms with E-state index in [0.29, 0.717) is 12.1 Å². The molecule has 1 aromatic rings. The molecular formula is C17H27BrN2. The lowest BCUT2D eigenvalue weighted by Crippen LogP contribution is -2.31. The third-order valence-electron chi connectivity index (χ3n) is 4.66. The molecule has 0 spiro atoms. The third-order valence-corrected chi connectivity index (χ3v) is 5.29. The monoisotopic (exact) mass is 338 g/mol. The van der Waals surface area contributed by atoms with Crippen LogP contribution in [0.5, 0.6) is 0 Å². The molecule has 3 heteroatoms. The van der Waals surface area contributed by atoms with Crippen molar-refractivity contribution in [3.8, 4) is 0 Å². The van der Waals surface area contributed by atoms with Crippen molar-refractivity contribution in [2.24, 2.45) is 0 Å². The number of rotatable bonds is 4. The highest BCUT2D eigenvalue weighted by molar-refractivity contribution is 9.10. The number of nitrogens with zero attached hydrogens (tertiary/aromatic N) is 1. The van der Waals surface area contributed by atoms with Gasteiger partial charge in [0.1, 0.15) is 0 Å². The smallest absolute Gasteiger partial charge is 0.0510 e. The van der Waals surface area contributed by atoms with Crippen molar-refractivity contribution in [1.29, 1.82) is 0 Å². The molecule has 1 aromatic carbocycles. The zero-order valence-electron chi connectivity index (χ0n) is 13.0. The van der Waals surface area contributed by atoms with Crippen molar-refractivity contribution in [3.05, 3.63) is 28.2 Å². The van der Waals surface area contributed by atoms with Crippen LogP contribution in [-0.4, -0.2) is 20.1 Å². The number of hydrogen-bond donors (Lipinski definition) is 1. The van der Waals surface area contributed by atoms with E-state index in [0.717, 1.165) is 0 Å². The van der Waals surface area contributed by atoms with Crippen LogP contribution in [0.25, 0.3) is 0 Å². The fourth-order valence-electron chi connectivity index (χ4n) is 3.09. The summed E-state index contributed by atoms with van der Waals surface area (Å²) in [6, 6.07) is 7.85. The van der Waals surface area contributed by atoms with Crippen molar-refractivity contribution in [3.63, 3.8) is 0 Å². The van der Waals surface area contributed by atoms with Gasteiger partial charge in [0, 0.05) is 23.6 Å². The molecule has 0 aromatic heterocycles. The Morgan fingerprint density at radius 2 is 1.85 bits per heavy atom. The summed E-state index contributed by atoms with van der Waals surface area (Å²) >= 11 is 3.76. The minimum absolute atomic E-state index is 0.392. The average Bonchev–Trinajstić information content (AvgIpc) is 2.74. The summed E-state index contributed by atoms with van der Waals surface area (Å²) in [6.45, 7) is 2.19. The lowest BCUT2D eigenvalue weighted by molar-refractivity contribution is 0.552. The van der Waals surface area contributed by atoms with Gasteiger partial charge in [0.25, 0.3) is 0 Å². The Bertz CT molecular complexity index is 425. The predicted molar refractivity (Wildman–Crippen MR) is 91.5 cm³/mol. The maximum atomic E-state index is 3.76. The SMILES string of the molecule is CNC(C)c1ccc(N(C)C2CCCCCC2)c(Br)c1. The molecule has 1 aliphatic rings. The van der Waals surface area contributed by atoms with Crippen molar-refractivity contribution in [2.75, 3.05) is 19.0 Å². The van der Waals surface area contributed by atoms with Gasteiger partial charge in [-0.3, -0.25) is 0 Å². The molecule has 1 unspecified atom stereocenters. The second-order valence-corrected chi connectivity index (χ2v) is 6.83. The average molecular weight is 339 g/mol. The first-order chi connectivity index (χ1) is 9.63. The van der Waals surface area contributed by atoms with Crippen LogP contribution in [0, 0.1) is 0 Å². The Balaban J connectivity index is 2.14.